The quantitative estimate of drug-likeness (QED) is 0.838. The van der Waals surface area contributed by atoms with Crippen LogP contribution in [0.25, 0.3) is 0 Å². The normalized spacial score (nSPS) is 26.0. The number of nitrogens with zero attached hydrogens (tertiary/aromatic N) is 4. The summed E-state index contributed by atoms with van der Waals surface area (Å²) < 4.78 is 15.9. The highest BCUT2D eigenvalue weighted by Gasteiger charge is 2.33. The van der Waals surface area contributed by atoms with E-state index < -0.39 is 6.17 Å². The minimum Gasteiger partial charge on any atom is -0.317 e. The van der Waals surface area contributed by atoms with Crippen LogP contribution in [0.3, 0.4) is 0 Å². The SMILES string of the molecule is CN(CC1CCNCC1)C[C@@H]1C[C@H](F)CN1Cc1ccnn1C.Cl. The highest BCUT2D eigenvalue weighted by molar-refractivity contribution is 5.85. The summed E-state index contributed by atoms with van der Waals surface area (Å²) in [5.74, 6) is 0.786. The van der Waals surface area contributed by atoms with Crippen LogP contribution < -0.4 is 5.32 Å². The van der Waals surface area contributed by atoms with Crippen LogP contribution in [0.1, 0.15) is 25.0 Å². The van der Waals surface area contributed by atoms with E-state index in [4.69, 9.17) is 0 Å². The number of aromatic nitrogens is 2. The van der Waals surface area contributed by atoms with Crippen molar-refractivity contribution < 1.29 is 4.39 Å². The first-order chi connectivity index (χ1) is 11.1. The summed E-state index contributed by atoms with van der Waals surface area (Å²) >= 11 is 0. The maximum Gasteiger partial charge on any atom is 0.114 e. The van der Waals surface area contributed by atoms with Gasteiger partial charge in [-0.05, 0) is 51.4 Å². The van der Waals surface area contributed by atoms with Gasteiger partial charge in [-0.3, -0.25) is 9.58 Å². The molecule has 0 saturated carbocycles. The number of hydrogen-bond donors (Lipinski definition) is 1. The zero-order valence-corrected chi connectivity index (χ0v) is 15.6. The van der Waals surface area contributed by atoms with Gasteiger partial charge in [-0.15, -0.1) is 12.4 Å². The Morgan fingerprint density at radius 1 is 1.33 bits per heavy atom. The number of nitrogens with one attached hydrogen (secondary N) is 1. The van der Waals surface area contributed by atoms with Crippen molar-refractivity contribution in [2.45, 2.75) is 38.0 Å². The molecule has 0 unspecified atom stereocenters. The number of likely N-dealkylation sites (N-methyl/N-ethyl adjacent to an activating group) is 1. The first-order valence-corrected chi connectivity index (χ1v) is 8.86. The summed E-state index contributed by atoms with van der Waals surface area (Å²) in [4.78, 5) is 4.70. The Labute approximate surface area is 151 Å². The topological polar surface area (TPSA) is 36.3 Å². The Bertz CT molecular complexity index is 491. The standard InChI is InChI=1S/C17H30FN5.ClH/c1-21(10-14-3-6-19-7-4-14)12-17-9-15(18)11-23(17)13-16-5-8-20-22(16)2;/h5,8,14-15,17,19H,3-4,6-7,9-13H2,1-2H3;1H/t15-,17-;/m0./s1. The largest absolute Gasteiger partial charge is 0.317 e. The van der Waals surface area contributed by atoms with Gasteiger partial charge in [0.25, 0.3) is 0 Å². The number of halogens is 2. The van der Waals surface area contributed by atoms with Gasteiger partial charge in [-0.1, -0.05) is 0 Å². The molecule has 0 aliphatic carbocycles. The van der Waals surface area contributed by atoms with E-state index in [1.165, 1.54) is 12.8 Å². The van der Waals surface area contributed by atoms with Gasteiger partial charge in [0.05, 0.1) is 5.69 Å². The molecule has 3 heterocycles. The second-order valence-corrected chi connectivity index (χ2v) is 7.28. The lowest BCUT2D eigenvalue weighted by atomic mass is 9.97. The van der Waals surface area contributed by atoms with Crippen molar-refractivity contribution in [3.8, 4) is 0 Å². The van der Waals surface area contributed by atoms with Gasteiger partial charge >= 0.3 is 0 Å². The number of likely N-dealkylation sites (tertiary alicyclic amines) is 1. The van der Waals surface area contributed by atoms with Crippen molar-refractivity contribution in [1.82, 2.24) is 24.9 Å². The number of hydrogen-bond acceptors (Lipinski definition) is 4. The lowest BCUT2D eigenvalue weighted by Gasteiger charge is -2.31. The first kappa shape index (κ1) is 19.6. The van der Waals surface area contributed by atoms with Crippen molar-refractivity contribution in [2.75, 3.05) is 39.8 Å². The molecule has 2 saturated heterocycles. The molecule has 1 N–H and O–H groups in total. The summed E-state index contributed by atoms with van der Waals surface area (Å²) in [6, 6.07) is 2.34. The average Bonchev–Trinajstić information content (AvgIpc) is 3.07. The fraction of sp³-hybridized carbons (Fsp3) is 0.824. The number of rotatable bonds is 6. The van der Waals surface area contributed by atoms with Gasteiger partial charge in [0, 0.05) is 45.5 Å². The van der Waals surface area contributed by atoms with Crippen molar-refractivity contribution in [3.05, 3.63) is 18.0 Å². The minimum atomic E-state index is -0.694. The lowest BCUT2D eigenvalue weighted by molar-refractivity contribution is 0.161. The van der Waals surface area contributed by atoms with Crippen molar-refractivity contribution in [2.24, 2.45) is 13.0 Å². The molecule has 0 bridgehead atoms. The van der Waals surface area contributed by atoms with E-state index in [-0.39, 0.29) is 12.4 Å². The molecule has 24 heavy (non-hydrogen) atoms. The van der Waals surface area contributed by atoms with Crippen LogP contribution in [0, 0.1) is 5.92 Å². The molecule has 0 radical (unpaired) electrons. The summed E-state index contributed by atoms with van der Waals surface area (Å²) in [6.07, 6.45) is 4.31. The van der Waals surface area contributed by atoms with E-state index in [0.717, 1.165) is 44.3 Å². The molecule has 7 heteroatoms. The Balaban J connectivity index is 0.00000208. The molecule has 2 aliphatic heterocycles. The van der Waals surface area contributed by atoms with Crippen LogP contribution in [0.2, 0.25) is 0 Å². The van der Waals surface area contributed by atoms with Crippen molar-refractivity contribution >= 4 is 12.4 Å². The van der Waals surface area contributed by atoms with Crippen molar-refractivity contribution in [3.63, 3.8) is 0 Å². The van der Waals surface area contributed by atoms with E-state index >= 15 is 0 Å². The minimum absolute atomic E-state index is 0. The summed E-state index contributed by atoms with van der Waals surface area (Å²) in [5, 5.41) is 7.64. The molecule has 0 amide bonds. The molecule has 5 nitrogen and oxygen atoms in total. The Morgan fingerprint density at radius 2 is 2.08 bits per heavy atom. The third-order valence-corrected chi connectivity index (χ3v) is 5.32. The van der Waals surface area contributed by atoms with Crippen molar-refractivity contribution in [1.29, 1.82) is 0 Å². The van der Waals surface area contributed by atoms with E-state index in [0.29, 0.717) is 19.0 Å². The Kier molecular flexibility index (Phi) is 7.47. The van der Waals surface area contributed by atoms with Crippen LogP contribution in [-0.2, 0) is 13.6 Å². The molecular weight excluding hydrogens is 329 g/mol. The highest BCUT2D eigenvalue weighted by Crippen LogP contribution is 2.24. The van der Waals surface area contributed by atoms with Crippen LogP contribution in [0.5, 0.6) is 0 Å². The monoisotopic (exact) mass is 359 g/mol. The first-order valence-electron chi connectivity index (χ1n) is 8.86. The van der Waals surface area contributed by atoms with E-state index in [1.54, 1.807) is 0 Å². The summed E-state index contributed by atoms with van der Waals surface area (Å²) in [6.45, 7) is 5.72. The number of alkyl halides is 1. The fourth-order valence-electron chi connectivity index (χ4n) is 4.01. The molecule has 2 fully saturated rings. The second-order valence-electron chi connectivity index (χ2n) is 7.28. The second kappa shape index (κ2) is 9.13. The fourth-order valence-corrected chi connectivity index (χ4v) is 4.01. The number of piperidine rings is 1. The van der Waals surface area contributed by atoms with Crippen LogP contribution in [0.15, 0.2) is 12.3 Å². The van der Waals surface area contributed by atoms with Crippen LogP contribution in [-0.4, -0.2) is 71.6 Å². The third kappa shape index (κ3) is 5.15. The van der Waals surface area contributed by atoms with Crippen LogP contribution >= 0.6 is 12.4 Å². The number of aryl methyl sites for hydroxylation is 1. The molecule has 138 valence electrons. The highest BCUT2D eigenvalue weighted by atomic mass is 35.5. The summed E-state index contributed by atoms with van der Waals surface area (Å²) in [5.41, 5.74) is 1.16. The molecule has 0 aromatic carbocycles. The maximum atomic E-state index is 14.0. The Hall–Kier alpha value is -0.690. The van der Waals surface area contributed by atoms with Gasteiger partial charge in [0.1, 0.15) is 6.17 Å². The molecule has 2 atom stereocenters. The third-order valence-electron chi connectivity index (χ3n) is 5.32. The maximum absolute atomic E-state index is 14.0. The lowest BCUT2D eigenvalue weighted by Crippen LogP contribution is -2.41. The molecular formula is C17H31ClFN5. The van der Waals surface area contributed by atoms with Gasteiger partial charge in [-0.2, -0.15) is 5.10 Å². The van der Waals surface area contributed by atoms with E-state index in [2.05, 4.69) is 27.3 Å². The Morgan fingerprint density at radius 3 is 2.75 bits per heavy atom. The van der Waals surface area contributed by atoms with E-state index in [9.17, 15) is 4.39 Å². The molecule has 1 aromatic rings. The van der Waals surface area contributed by atoms with Gasteiger partial charge in [-0.25, -0.2) is 4.39 Å². The predicted octanol–water partition coefficient (Wildman–Crippen LogP) is 1.69. The molecule has 0 spiro atoms. The molecule has 1 aromatic heterocycles. The predicted molar refractivity (Wildman–Crippen MR) is 97.3 cm³/mol. The molecule has 2 aliphatic rings. The molecule has 3 rings (SSSR count). The smallest absolute Gasteiger partial charge is 0.114 e. The zero-order chi connectivity index (χ0) is 16.2. The van der Waals surface area contributed by atoms with Crippen LogP contribution in [0.4, 0.5) is 4.39 Å². The summed E-state index contributed by atoms with van der Waals surface area (Å²) in [7, 11) is 4.15. The zero-order valence-electron chi connectivity index (χ0n) is 14.8. The average molecular weight is 360 g/mol. The van der Waals surface area contributed by atoms with Gasteiger partial charge < -0.3 is 10.2 Å². The van der Waals surface area contributed by atoms with Gasteiger partial charge in [0.2, 0.25) is 0 Å². The van der Waals surface area contributed by atoms with E-state index in [1.807, 2.05) is 24.0 Å². The van der Waals surface area contributed by atoms with Gasteiger partial charge in [0.15, 0.2) is 0 Å².